The second-order valence-electron chi connectivity index (χ2n) is 3.21. The molecule has 5 heteroatoms. The lowest BCUT2D eigenvalue weighted by atomic mass is 10.3. The topological polar surface area (TPSA) is 12.0 Å². The summed E-state index contributed by atoms with van der Waals surface area (Å²) in [5.41, 5.74) is 0.428. The number of thiophene rings is 1. The molecule has 2 rings (SSSR count). The van der Waals surface area contributed by atoms with Gasteiger partial charge in [0.15, 0.2) is 0 Å². The lowest BCUT2D eigenvalue weighted by Crippen LogP contribution is -1.99. The fraction of sp³-hybridized carbons (Fsp3) is 0.0909. The van der Waals surface area contributed by atoms with Crippen molar-refractivity contribution in [1.82, 2.24) is 0 Å². The van der Waals surface area contributed by atoms with Crippen molar-refractivity contribution in [3.05, 3.63) is 49.8 Å². The van der Waals surface area contributed by atoms with Crippen LogP contribution in [0.25, 0.3) is 0 Å². The molecule has 1 aromatic carbocycles. The highest BCUT2D eigenvalue weighted by Crippen LogP contribution is 2.23. The minimum atomic E-state index is -0.292. The van der Waals surface area contributed by atoms with E-state index in [9.17, 15) is 4.39 Å². The summed E-state index contributed by atoms with van der Waals surface area (Å²) in [7, 11) is 0. The Balaban J connectivity index is 2.07. The molecule has 0 amide bonds. The van der Waals surface area contributed by atoms with Crippen molar-refractivity contribution >= 4 is 44.6 Å². The van der Waals surface area contributed by atoms with Gasteiger partial charge in [0, 0.05) is 26.3 Å². The number of hydrogen-bond donors (Lipinski definition) is 1. The van der Waals surface area contributed by atoms with Gasteiger partial charge >= 0.3 is 0 Å². The predicted octanol–water partition coefficient (Wildman–Crippen LogP) is 4.92. The summed E-state index contributed by atoms with van der Waals surface area (Å²) in [4.78, 5) is 1.13. The first-order valence-electron chi connectivity index (χ1n) is 4.57. The molecule has 0 aliphatic heterocycles. The van der Waals surface area contributed by atoms with Crippen molar-refractivity contribution in [2.45, 2.75) is 6.54 Å². The molecule has 2 aromatic rings. The molecule has 0 aliphatic carbocycles. The lowest BCUT2D eigenvalue weighted by Gasteiger charge is -2.06. The molecule has 0 saturated carbocycles. The molecule has 0 atom stereocenters. The van der Waals surface area contributed by atoms with Crippen LogP contribution >= 0.6 is 38.9 Å². The quantitative estimate of drug-likeness (QED) is 0.847. The zero-order valence-corrected chi connectivity index (χ0v) is 11.3. The summed E-state index contributed by atoms with van der Waals surface area (Å²) in [5, 5.41) is 5.53. The molecular formula is C11H8BrClFNS. The van der Waals surface area contributed by atoms with E-state index in [2.05, 4.69) is 21.2 Å². The minimum Gasteiger partial charge on any atom is -0.378 e. The molecule has 16 heavy (non-hydrogen) atoms. The van der Waals surface area contributed by atoms with Crippen molar-refractivity contribution in [1.29, 1.82) is 0 Å². The van der Waals surface area contributed by atoms with Gasteiger partial charge in [-0.1, -0.05) is 11.6 Å². The van der Waals surface area contributed by atoms with Crippen LogP contribution in [0.1, 0.15) is 4.88 Å². The van der Waals surface area contributed by atoms with Gasteiger partial charge in [0.25, 0.3) is 0 Å². The first kappa shape index (κ1) is 11.9. The number of nitrogens with one attached hydrogen (secondary N) is 1. The van der Waals surface area contributed by atoms with Crippen LogP contribution in [-0.4, -0.2) is 0 Å². The molecule has 0 radical (unpaired) electrons. The Morgan fingerprint density at radius 1 is 1.38 bits per heavy atom. The molecule has 1 heterocycles. The lowest BCUT2D eigenvalue weighted by molar-refractivity contribution is 0.630. The van der Waals surface area contributed by atoms with Crippen molar-refractivity contribution in [3.63, 3.8) is 0 Å². The molecule has 0 spiro atoms. The fourth-order valence-corrected chi connectivity index (χ4v) is 2.82. The highest BCUT2D eigenvalue weighted by Gasteiger charge is 2.03. The van der Waals surface area contributed by atoms with E-state index in [0.717, 1.165) is 9.35 Å². The molecule has 1 nitrogen and oxygen atoms in total. The Kier molecular flexibility index (Phi) is 3.84. The Morgan fingerprint density at radius 3 is 2.88 bits per heavy atom. The van der Waals surface area contributed by atoms with E-state index >= 15 is 0 Å². The van der Waals surface area contributed by atoms with Crippen LogP contribution in [0.15, 0.2) is 34.1 Å². The van der Waals surface area contributed by atoms with Gasteiger partial charge in [0.2, 0.25) is 0 Å². The van der Waals surface area contributed by atoms with Crippen LogP contribution < -0.4 is 5.32 Å². The average molecular weight is 321 g/mol. The molecule has 0 fully saturated rings. The maximum absolute atomic E-state index is 13.4. The smallest absolute Gasteiger partial charge is 0.146 e. The number of rotatable bonds is 3. The number of anilines is 1. The summed E-state index contributed by atoms with van der Waals surface area (Å²) in [6.45, 7) is 0.591. The molecule has 84 valence electrons. The zero-order chi connectivity index (χ0) is 11.5. The van der Waals surface area contributed by atoms with E-state index in [4.69, 9.17) is 11.6 Å². The van der Waals surface area contributed by atoms with E-state index in [1.54, 1.807) is 17.4 Å². The van der Waals surface area contributed by atoms with E-state index in [1.807, 2.05) is 11.4 Å². The van der Waals surface area contributed by atoms with E-state index < -0.39 is 0 Å². The maximum Gasteiger partial charge on any atom is 0.146 e. The van der Waals surface area contributed by atoms with Crippen molar-refractivity contribution < 1.29 is 4.39 Å². The zero-order valence-electron chi connectivity index (χ0n) is 8.14. The number of hydrogen-bond acceptors (Lipinski definition) is 2. The van der Waals surface area contributed by atoms with Crippen molar-refractivity contribution in [2.75, 3.05) is 5.32 Å². The first-order valence-corrected chi connectivity index (χ1v) is 6.62. The standard InChI is InChI=1S/C11H8BrClFNS/c12-7-3-9(16-6-7)5-15-11-4-8(13)1-2-10(11)14/h1-4,6,15H,5H2. The van der Waals surface area contributed by atoms with E-state index in [-0.39, 0.29) is 5.82 Å². The predicted molar refractivity (Wildman–Crippen MR) is 70.8 cm³/mol. The van der Waals surface area contributed by atoms with E-state index in [0.29, 0.717) is 17.3 Å². The van der Waals surface area contributed by atoms with Crippen LogP contribution in [0.5, 0.6) is 0 Å². The minimum absolute atomic E-state index is 0.292. The molecule has 0 unspecified atom stereocenters. The summed E-state index contributed by atoms with van der Waals surface area (Å²) >= 11 is 10.8. The monoisotopic (exact) mass is 319 g/mol. The van der Waals surface area contributed by atoms with Crippen LogP contribution in [-0.2, 0) is 6.54 Å². The van der Waals surface area contributed by atoms with Gasteiger partial charge in [-0.15, -0.1) is 11.3 Å². The number of halogens is 3. The maximum atomic E-state index is 13.4. The van der Waals surface area contributed by atoms with Gasteiger partial charge in [-0.25, -0.2) is 4.39 Å². The Labute approximate surface area is 110 Å². The summed E-state index contributed by atoms with van der Waals surface area (Å²) in [6.07, 6.45) is 0. The second-order valence-corrected chi connectivity index (χ2v) is 5.56. The summed E-state index contributed by atoms with van der Waals surface area (Å²) in [5.74, 6) is -0.292. The van der Waals surface area contributed by atoms with Gasteiger partial charge in [0.1, 0.15) is 5.82 Å². The largest absolute Gasteiger partial charge is 0.378 e. The van der Waals surface area contributed by atoms with Gasteiger partial charge in [-0.2, -0.15) is 0 Å². The van der Waals surface area contributed by atoms with Crippen LogP contribution in [0.2, 0.25) is 5.02 Å². The molecule has 0 saturated heterocycles. The first-order chi connectivity index (χ1) is 7.65. The summed E-state index contributed by atoms with van der Waals surface area (Å²) in [6, 6.07) is 6.47. The van der Waals surface area contributed by atoms with Gasteiger partial charge < -0.3 is 5.32 Å². The van der Waals surface area contributed by atoms with Gasteiger partial charge in [-0.05, 0) is 40.2 Å². The Morgan fingerprint density at radius 2 is 2.19 bits per heavy atom. The Hall–Kier alpha value is -0.580. The highest BCUT2D eigenvalue weighted by molar-refractivity contribution is 9.10. The third-order valence-electron chi connectivity index (χ3n) is 2.00. The van der Waals surface area contributed by atoms with Crippen molar-refractivity contribution in [3.8, 4) is 0 Å². The van der Waals surface area contributed by atoms with Gasteiger partial charge in [0.05, 0.1) is 5.69 Å². The summed E-state index contributed by atoms with van der Waals surface area (Å²) < 4.78 is 14.4. The third kappa shape index (κ3) is 2.97. The normalized spacial score (nSPS) is 10.4. The van der Waals surface area contributed by atoms with Crippen LogP contribution in [0, 0.1) is 5.82 Å². The third-order valence-corrected chi connectivity index (χ3v) is 3.94. The Bertz CT molecular complexity index is 500. The fourth-order valence-electron chi connectivity index (χ4n) is 1.26. The second kappa shape index (κ2) is 5.17. The molecule has 0 bridgehead atoms. The van der Waals surface area contributed by atoms with Crippen LogP contribution in [0.4, 0.5) is 10.1 Å². The molecular weight excluding hydrogens is 313 g/mol. The molecule has 0 aliphatic rings. The number of benzene rings is 1. The molecule has 1 N–H and O–H groups in total. The van der Waals surface area contributed by atoms with Gasteiger partial charge in [-0.3, -0.25) is 0 Å². The SMILES string of the molecule is Fc1ccc(Cl)cc1NCc1cc(Br)cs1. The average Bonchev–Trinajstić information content (AvgIpc) is 2.66. The molecule has 1 aromatic heterocycles. The van der Waals surface area contributed by atoms with Crippen LogP contribution in [0.3, 0.4) is 0 Å². The van der Waals surface area contributed by atoms with Crippen molar-refractivity contribution in [2.24, 2.45) is 0 Å². The van der Waals surface area contributed by atoms with E-state index in [1.165, 1.54) is 12.1 Å². The highest BCUT2D eigenvalue weighted by atomic mass is 79.9.